The van der Waals surface area contributed by atoms with Crippen molar-refractivity contribution in [3.8, 4) is 11.5 Å². The summed E-state index contributed by atoms with van der Waals surface area (Å²) in [7, 11) is 0. The average molecular weight is 412 g/mol. The topological polar surface area (TPSA) is 68.3 Å². The molecule has 0 atom stereocenters. The van der Waals surface area contributed by atoms with E-state index < -0.39 is 12.6 Å². The lowest BCUT2D eigenvalue weighted by Gasteiger charge is -2.36. The third-order valence-electron chi connectivity index (χ3n) is 4.91. The third-order valence-corrected chi connectivity index (χ3v) is 4.91. The quantitative estimate of drug-likeness (QED) is 0.459. The van der Waals surface area contributed by atoms with Gasteiger partial charge in [-0.3, -0.25) is 9.59 Å². The molecular formula is C20H26F2N2O5. The van der Waals surface area contributed by atoms with E-state index in [2.05, 4.69) is 4.74 Å². The van der Waals surface area contributed by atoms with Crippen LogP contribution in [0.5, 0.6) is 11.5 Å². The zero-order valence-electron chi connectivity index (χ0n) is 16.4. The van der Waals surface area contributed by atoms with Gasteiger partial charge in [0.15, 0.2) is 11.5 Å². The molecule has 0 spiro atoms. The number of nitrogens with zero attached hydrogens (tertiary/aromatic N) is 2. The molecule has 0 aromatic heterocycles. The Bertz CT molecular complexity index is 719. The second kappa shape index (κ2) is 9.76. The van der Waals surface area contributed by atoms with Crippen molar-refractivity contribution in [1.82, 2.24) is 4.90 Å². The number of ether oxygens (including phenoxy) is 3. The van der Waals surface area contributed by atoms with Gasteiger partial charge in [-0.1, -0.05) is 0 Å². The molecule has 160 valence electrons. The van der Waals surface area contributed by atoms with Crippen LogP contribution in [0.4, 0.5) is 14.5 Å². The molecule has 1 aliphatic carbocycles. The van der Waals surface area contributed by atoms with E-state index in [1.807, 2.05) is 4.90 Å². The summed E-state index contributed by atoms with van der Waals surface area (Å²) >= 11 is 0. The van der Waals surface area contributed by atoms with Crippen LogP contribution in [-0.4, -0.2) is 62.8 Å². The van der Waals surface area contributed by atoms with Crippen LogP contribution in [0.2, 0.25) is 0 Å². The van der Waals surface area contributed by atoms with Crippen molar-refractivity contribution in [1.29, 1.82) is 0 Å². The Balaban J connectivity index is 1.59. The molecule has 0 radical (unpaired) electrons. The standard InChI is InChI=1S/C20H26F2N2O5/c1-2-27-19(26)12-18(25)24-9-7-23(8-10-24)15-5-6-16(29-20(21)22)17(11-15)28-13-14-3-4-14/h5-6,11,14,20H,2-4,7-10,12-13H2,1H3. The van der Waals surface area contributed by atoms with Crippen molar-refractivity contribution < 1.29 is 32.6 Å². The summed E-state index contributed by atoms with van der Waals surface area (Å²) in [6.45, 7) is 1.56. The number of hydrogen-bond donors (Lipinski definition) is 0. The van der Waals surface area contributed by atoms with Crippen LogP contribution in [0.1, 0.15) is 26.2 Å². The lowest BCUT2D eigenvalue weighted by atomic mass is 10.2. The van der Waals surface area contributed by atoms with E-state index in [9.17, 15) is 18.4 Å². The summed E-state index contributed by atoms with van der Waals surface area (Å²) in [6, 6.07) is 4.90. The Labute approximate surface area is 168 Å². The van der Waals surface area contributed by atoms with E-state index in [4.69, 9.17) is 9.47 Å². The lowest BCUT2D eigenvalue weighted by molar-refractivity contribution is -0.148. The van der Waals surface area contributed by atoms with Gasteiger partial charge in [0.1, 0.15) is 6.42 Å². The number of esters is 1. The van der Waals surface area contributed by atoms with Gasteiger partial charge in [0, 0.05) is 37.9 Å². The van der Waals surface area contributed by atoms with Crippen LogP contribution in [0, 0.1) is 5.92 Å². The molecule has 1 aromatic rings. The number of rotatable bonds is 9. The van der Waals surface area contributed by atoms with E-state index in [0.717, 1.165) is 18.5 Å². The molecule has 7 nitrogen and oxygen atoms in total. The second-order valence-electron chi connectivity index (χ2n) is 7.11. The van der Waals surface area contributed by atoms with E-state index >= 15 is 0 Å². The Hall–Kier alpha value is -2.58. The minimum atomic E-state index is -2.92. The molecule has 2 fully saturated rings. The number of carbonyl (C=O) groups excluding carboxylic acids is 2. The predicted octanol–water partition coefficient (Wildman–Crippen LogP) is 2.68. The zero-order valence-corrected chi connectivity index (χ0v) is 16.4. The molecule has 1 saturated carbocycles. The summed E-state index contributed by atoms with van der Waals surface area (Å²) in [5.74, 6) is 0.0272. The van der Waals surface area contributed by atoms with E-state index in [0.29, 0.717) is 44.5 Å². The highest BCUT2D eigenvalue weighted by Crippen LogP contribution is 2.36. The van der Waals surface area contributed by atoms with Gasteiger partial charge in [-0.15, -0.1) is 0 Å². The predicted molar refractivity (Wildman–Crippen MR) is 101 cm³/mol. The molecule has 0 unspecified atom stereocenters. The van der Waals surface area contributed by atoms with Crippen LogP contribution in [0.25, 0.3) is 0 Å². The second-order valence-corrected chi connectivity index (χ2v) is 7.11. The summed E-state index contributed by atoms with van der Waals surface area (Å²) in [6.07, 6.45) is 1.92. The lowest BCUT2D eigenvalue weighted by Crippen LogP contribution is -2.49. The highest BCUT2D eigenvalue weighted by molar-refractivity contribution is 5.94. The maximum Gasteiger partial charge on any atom is 0.387 e. The Morgan fingerprint density at radius 3 is 2.48 bits per heavy atom. The Morgan fingerprint density at radius 2 is 1.86 bits per heavy atom. The minimum Gasteiger partial charge on any atom is -0.489 e. The van der Waals surface area contributed by atoms with Crippen LogP contribution in [-0.2, 0) is 14.3 Å². The number of anilines is 1. The third kappa shape index (κ3) is 6.20. The van der Waals surface area contributed by atoms with Crippen LogP contribution >= 0.6 is 0 Å². The van der Waals surface area contributed by atoms with Gasteiger partial charge in [0.2, 0.25) is 5.91 Å². The van der Waals surface area contributed by atoms with Crippen LogP contribution in [0.3, 0.4) is 0 Å². The molecule has 3 rings (SSSR count). The van der Waals surface area contributed by atoms with E-state index in [1.165, 1.54) is 6.07 Å². The first-order chi connectivity index (χ1) is 14.0. The largest absolute Gasteiger partial charge is 0.489 e. The Kier molecular flexibility index (Phi) is 7.11. The van der Waals surface area contributed by atoms with Gasteiger partial charge in [-0.25, -0.2) is 0 Å². The number of carbonyl (C=O) groups is 2. The molecule has 1 aliphatic heterocycles. The monoisotopic (exact) mass is 412 g/mol. The molecule has 1 aromatic carbocycles. The molecule has 2 aliphatic rings. The number of halogens is 2. The normalized spacial score (nSPS) is 16.7. The van der Waals surface area contributed by atoms with Gasteiger partial charge in [-0.05, 0) is 37.8 Å². The van der Waals surface area contributed by atoms with Crippen LogP contribution in [0.15, 0.2) is 18.2 Å². The minimum absolute atomic E-state index is 0.0210. The smallest absolute Gasteiger partial charge is 0.387 e. The molecule has 1 saturated heterocycles. The molecule has 0 N–H and O–H groups in total. The molecule has 1 amide bonds. The van der Waals surface area contributed by atoms with Gasteiger partial charge in [0.05, 0.1) is 13.2 Å². The molecule has 29 heavy (non-hydrogen) atoms. The number of hydrogen-bond acceptors (Lipinski definition) is 6. The fraction of sp³-hybridized carbons (Fsp3) is 0.600. The number of benzene rings is 1. The van der Waals surface area contributed by atoms with Crippen molar-refractivity contribution in [2.45, 2.75) is 32.8 Å². The highest BCUT2D eigenvalue weighted by atomic mass is 19.3. The van der Waals surface area contributed by atoms with Crippen molar-refractivity contribution in [3.05, 3.63) is 18.2 Å². The fourth-order valence-corrected chi connectivity index (χ4v) is 3.15. The maximum atomic E-state index is 12.7. The fourth-order valence-electron chi connectivity index (χ4n) is 3.15. The summed E-state index contributed by atoms with van der Waals surface area (Å²) in [5, 5.41) is 0. The van der Waals surface area contributed by atoms with Gasteiger partial charge in [-0.2, -0.15) is 8.78 Å². The van der Waals surface area contributed by atoms with Crippen molar-refractivity contribution in [2.24, 2.45) is 5.92 Å². The van der Waals surface area contributed by atoms with E-state index in [1.54, 1.807) is 24.0 Å². The highest BCUT2D eigenvalue weighted by Gasteiger charge is 2.25. The first-order valence-corrected chi connectivity index (χ1v) is 9.86. The van der Waals surface area contributed by atoms with Crippen LogP contribution < -0.4 is 14.4 Å². The van der Waals surface area contributed by atoms with Crippen molar-refractivity contribution >= 4 is 17.6 Å². The summed E-state index contributed by atoms with van der Waals surface area (Å²) in [4.78, 5) is 27.3. The number of piperazine rings is 1. The molecule has 1 heterocycles. The average Bonchev–Trinajstić information content (AvgIpc) is 3.51. The Morgan fingerprint density at radius 1 is 1.14 bits per heavy atom. The maximum absolute atomic E-state index is 12.7. The zero-order chi connectivity index (χ0) is 20.8. The molecular weight excluding hydrogens is 386 g/mol. The van der Waals surface area contributed by atoms with Crippen molar-refractivity contribution in [3.63, 3.8) is 0 Å². The molecule has 9 heteroatoms. The first kappa shape index (κ1) is 21.1. The number of amides is 1. The van der Waals surface area contributed by atoms with Gasteiger partial charge < -0.3 is 24.0 Å². The van der Waals surface area contributed by atoms with Gasteiger partial charge >= 0.3 is 12.6 Å². The van der Waals surface area contributed by atoms with Crippen molar-refractivity contribution in [2.75, 3.05) is 44.3 Å². The molecule has 0 bridgehead atoms. The first-order valence-electron chi connectivity index (χ1n) is 9.86. The number of alkyl halides is 2. The summed E-state index contributed by atoms with van der Waals surface area (Å²) < 4.78 is 40.4. The van der Waals surface area contributed by atoms with Gasteiger partial charge in [0.25, 0.3) is 0 Å². The van der Waals surface area contributed by atoms with E-state index in [-0.39, 0.29) is 24.7 Å². The SMILES string of the molecule is CCOC(=O)CC(=O)N1CCN(c2ccc(OC(F)F)c(OCC3CC3)c2)CC1. The summed E-state index contributed by atoms with van der Waals surface area (Å²) in [5.41, 5.74) is 0.815.